The van der Waals surface area contributed by atoms with Gasteiger partial charge < -0.3 is 15.3 Å². The molecule has 1 aromatic heterocycles. The highest BCUT2D eigenvalue weighted by atomic mass is 32.1. The number of amides is 2. The Bertz CT molecular complexity index is 893. The van der Waals surface area contributed by atoms with Crippen molar-refractivity contribution in [2.75, 3.05) is 11.9 Å². The fourth-order valence-corrected chi connectivity index (χ4v) is 5.83. The Balaban J connectivity index is 1.46. The predicted molar refractivity (Wildman–Crippen MR) is 108 cm³/mol. The van der Waals surface area contributed by atoms with Crippen LogP contribution in [0.3, 0.4) is 0 Å². The van der Waals surface area contributed by atoms with E-state index in [4.69, 9.17) is 4.98 Å². The summed E-state index contributed by atoms with van der Waals surface area (Å²) >= 11 is 1.55. The van der Waals surface area contributed by atoms with Gasteiger partial charge in [-0.25, -0.2) is 9.78 Å². The second-order valence-corrected chi connectivity index (χ2v) is 9.18. The number of aromatic nitrogens is 1. The SMILES string of the molecule is CCCc1c(O)ccc2sc(N3C(=O)N[C@H]4C[C@H](N(C)C5CC5)C[C@H]43)nc12. The van der Waals surface area contributed by atoms with Crippen LogP contribution in [0, 0.1) is 0 Å². The number of fused-ring (bicyclic) bond motifs is 2. The third-order valence-corrected chi connectivity index (χ3v) is 7.42. The molecule has 2 N–H and O–H groups in total. The first-order valence-corrected chi connectivity index (χ1v) is 10.8. The maximum atomic E-state index is 12.7. The number of hydrogen-bond acceptors (Lipinski definition) is 5. The quantitative estimate of drug-likeness (QED) is 0.826. The number of carbonyl (C=O) groups excluding carboxylic acids is 1. The van der Waals surface area contributed by atoms with Crippen molar-refractivity contribution in [2.24, 2.45) is 0 Å². The van der Waals surface area contributed by atoms with Crippen molar-refractivity contribution in [2.45, 2.75) is 69.6 Å². The molecule has 1 saturated heterocycles. The molecule has 0 radical (unpaired) electrons. The average molecular weight is 387 g/mol. The zero-order valence-corrected chi connectivity index (χ0v) is 16.6. The number of thiazole rings is 1. The molecule has 2 saturated carbocycles. The molecular formula is C20H26N4O2S. The fourth-order valence-electron chi connectivity index (χ4n) is 4.78. The second-order valence-electron chi connectivity index (χ2n) is 8.17. The van der Waals surface area contributed by atoms with Crippen LogP contribution < -0.4 is 10.2 Å². The lowest BCUT2D eigenvalue weighted by Crippen LogP contribution is -2.38. The van der Waals surface area contributed by atoms with Gasteiger partial charge in [0.05, 0.1) is 22.3 Å². The van der Waals surface area contributed by atoms with Gasteiger partial charge in [0.25, 0.3) is 0 Å². The van der Waals surface area contributed by atoms with Crippen LogP contribution in [-0.2, 0) is 6.42 Å². The van der Waals surface area contributed by atoms with Crippen LogP contribution in [0.4, 0.5) is 9.93 Å². The van der Waals surface area contributed by atoms with Crippen molar-refractivity contribution in [3.63, 3.8) is 0 Å². The first-order valence-electron chi connectivity index (χ1n) is 10.00. The van der Waals surface area contributed by atoms with Gasteiger partial charge in [-0.1, -0.05) is 24.7 Å². The van der Waals surface area contributed by atoms with Crippen LogP contribution in [0.5, 0.6) is 5.75 Å². The Morgan fingerprint density at radius 2 is 2.15 bits per heavy atom. The number of rotatable bonds is 5. The highest BCUT2D eigenvalue weighted by molar-refractivity contribution is 7.22. The molecule has 0 spiro atoms. The van der Waals surface area contributed by atoms with E-state index in [1.165, 1.54) is 12.8 Å². The van der Waals surface area contributed by atoms with Crippen molar-refractivity contribution < 1.29 is 9.90 Å². The van der Waals surface area contributed by atoms with E-state index >= 15 is 0 Å². The Labute approximate surface area is 163 Å². The highest BCUT2D eigenvalue weighted by Gasteiger charge is 2.50. The summed E-state index contributed by atoms with van der Waals surface area (Å²) in [5.41, 5.74) is 1.74. The summed E-state index contributed by atoms with van der Waals surface area (Å²) in [7, 11) is 2.23. The molecule has 3 aliphatic rings. The van der Waals surface area contributed by atoms with Crippen LogP contribution in [0.1, 0.15) is 44.6 Å². The van der Waals surface area contributed by atoms with Crippen LogP contribution in [0.2, 0.25) is 0 Å². The van der Waals surface area contributed by atoms with Crippen molar-refractivity contribution in [1.82, 2.24) is 15.2 Å². The van der Waals surface area contributed by atoms with E-state index in [0.717, 1.165) is 52.6 Å². The van der Waals surface area contributed by atoms with Gasteiger partial charge in [0.15, 0.2) is 5.13 Å². The number of anilines is 1. The number of benzene rings is 1. The van der Waals surface area contributed by atoms with Gasteiger partial charge in [-0.15, -0.1) is 0 Å². The van der Waals surface area contributed by atoms with Crippen molar-refractivity contribution in [1.29, 1.82) is 0 Å². The normalized spacial score (nSPS) is 27.6. The first-order chi connectivity index (χ1) is 13.1. The molecule has 3 atom stereocenters. The van der Waals surface area contributed by atoms with E-state index in [1.54, 1.807) is 17.4 Å². The van der Waals surface area contributed by atoms with Crippen molar-refractivity contribution in [3.8, 4) is 5.75 Å². The number of hydrogen-bond donors (Lipinski definition) is 2. The molecule has 2 amide bonds. The van der Waals surface area contributed by atoms with E-state index in [0.29, 0.717) is 11.8 Å². The maximum absolute atomic E-state index is 12.7. The van der Waals surface area contributed by atoms with E-state index in [2.05, 4.69) is 24.2 Å². The van der Waals surface area contributed by atoms with E-state index < -0.39 is 0 Å². The van der Waals surface area contributed by atoms with Crippen LogP contribution >= 0.6 is 11.3 Å². The molecule has 7 heteroatoms. The molecule has 0 bridgehead atoms. The molecular weight excluding hydrogens is 360 g/mol. The average Bonchev–Trinajstić information content (AvgIpc) is 3.17. The maximum Gasteiger partial charge on any atom is 0.324 e. The second kappa shape index (κ2) is 6.34. The molecule has 1 aliphatic heterocycles. The van der Waals surface area contributed by atoms with Crippen molar-refractivity contribution in [3.05, 3.63) is 17.7 Å². The molecule has 0 unspecified atom stereocenters. The van der Waals surface area contributed by atoms with Crippen LogP contribution in [0.25, 0.3) is 10.2 Å². The van der Waals surface area contributed by atoms with Gasteiger partial charge >= 0.3 is 6.03 Å². The predicted octanol–water partition coefficient (Wildman–Crippen LogP) is 3.48. The summed E-state index contributed by atoms with van der Waals surface area (Å²) in [6.45, 7) is 2.10. The van der Waals surface area contributed by atoms with Crippen LogP contribution in [-0.4, -0.2) is 52.2 Å². The summed E-state index contributed by atoms with van der Waals surface area (Å²) < 4.78 is 1.03. The van der Waals surface area contributed by atoms with Gasteiger partial charge in [-0.3, -0.25) is 4.90 Å². The van der Waals surface area contributed by atoms with E-state index in [-0.39, 0.29) is 18.1 Å². The van der Waals surface area contributed by atoms with Gasteiger partial charge in [-0.2, -0.15) is 0 Å². The molecule has 2 aliphatic carbocycles. The fraction of sp³-hybridized carbons (Fsp3) is 0.600. The Kier molecular flexibility index (Phi) is 4.05. The number of aromatic hydroxyl groups is 1. The standard InChI is InChI=1S/C20H26N4O2S/c1-3-4-13-16(25)7-8-17-18(13)22-20(27-17)24-15-10-12(23(2)11-5-6-11)9-14(15)21-19(24)26/h7-8,11-12,14-15,25H,3-6,9-10H2,1-2H3,(H,21,26)/t12-,14-,15+/m0/s1. The number of phenols is 1. The highest BCUT2D eigenvalue weighted by Crippen LogP contribution is 2.42. The van der Waals surface area contributed by atoms with Crippen molar-refractivity contribution >= 4 is 32.7 Å². The summed E-state index contributed by atoms with van der Waals surface area (Å²) in [5.74, 6) is 0.303. The molecule has 144 valence electrons. The van der Waals surface area contributed by atoms with E-state index in [9.17, 15) is 9.90 Å². The van der Waals surface area contributed by atoms with Crippen LogP contribution in [0.15, 0.2) is 12.1 Å². The number of urea groups is 1. The summed E-state index contributed by atoms with van der Waals surface area (Å²) in [6, 6.07) is 5.28. The molecule has 3 fully saturated rings. The summed E-state index contributed by atoms with van der Waals surface area (Å²) in [4.78, 5) is 21.9. The largest absolute Gasteiger partial charge is 0.508 e. The smallest absolute Gasteiger partial charge is 0.324 e. The third-order valence-electron chi connectivity index (χ3n) is 6.40. The third kappa shape index (κ3) is 2.79. The topological polar surface area (TPSA) is 68.7 Å². The number of aryl methyl sites for hydroxylation is 1. The zero-order chi connectivity index (χ0) is 18.7. The lowest BCUT2D eigenvalue weighted by molar-refractivity contribution is 0.224. The minimum Gasteiger partial charge on any atom is -0.508 e. The number of carbonyl (C=O) groups is 1. The molecule has 1 aromatic carbocycles. The zero-order valence-electron chi connectivity index (χ0n) is 15.8. The molecule has 2 heterocycles. The summed E-state index contributed by atoms with van der Waals surface area (Å²) in [5, 5.41) is 14.2. The molecule has 5 rings (SSSR count). The minimum atomic E-state index is -0.0298. The van der Waals surface area contributed by atoms with Gasteiger partial charge in [0.1, 0.15) is 5.75 Å². The first kappa shape index (κ1) is 17.3. The lowest BCUT2D eigenvalue weighted by atomic mass is 10.1. The summed E-state index contributed by atoms with van der Waals surface area (Å²) in [6.07, 6.45) is 6.37. The number of nitrogens with one attached hydrogen (secondary N) is 1. The van der Waals surface area contributed by atoms with Gasteiger partial charge in [0.2, 0.25) is 0 Å². The van der Waals surface area contributed by atoms with E-state index in [1.807, 2.05) is 11.0 Å². The van der Waals surface area contributed by atoms with Gasteiger partial charge in [-0.05, 0) is 51.3 Å². The number of phenolic OH excluding ortho intramolecular Hbond substituents is 1. The Morgan fingerprint density at radius 3 is 2.89 bits per heavy atom. The lowest BCUT2D eigenvalue weighted by Gasteiger charge is -2.26. The molecule has 2 aromatic rings. The molecule has 27 heavy (non-hydrogen) atoms. The Morgan fingerprint density at radius 1 is 1.33 bits per heavy atom. The number of nitrogens with zero attached hydrogens (tertiary/aromatic N) is 3. The Hall–Kier alpha value is -1.86. The van der Waals surface area contributed by atoms with Gasteiger partial charge in [0, 0.05) is 17.6 Å². The minimum absolute atomic E-state index is 0.0298. The monoisotopic (exact) mass is 386 g/mol. The molecule has 6 nitrogen and oxygen atoms in total.